The van der Waals surface area contributed by atoms with E-state index < -0.39 is 11.9 Å². The molecule has 3 atom stereocenters. The predicted octanol–water partition coefficient (Wildman–Crippen LogP) is 3.11. The number of methoxy groups -OCH3 is 1. The number of fused-ring (bicyclic) bond motifs is 3. The first kappa shape index (κ1) is 19.6. The van der Waals surface area contributed by atoms with E-state index in [2.05, 4.69) is 16.7 Å². The number of aromatic nitrogens is 2. The lowest BCUT2D eigenvalue weighted by Gasteiger charge is -2.41. The van der Waals surface area contributed by atoms with Crippen LogP contribution in [0.15, 0.2) is 36.4 Å². The number of imidazole rings is 1. The Hall–Kier alpha value is -2.67. The molecule has 0 fully saturated rings. The van der Waals surface area contributed by atoms with Crippen LogP contribution in [-0.4, -0.2) is 48.3 Å². The summed E-state index contributed by atoms with van der Waals surface area (Å²) in [6, 6.07) is 7.53. The number of ether oxygens (including phenoxy) is 2. The highest BCUT2D eigenvalue weighted by atomic mass is 16.5. The van der Waals surface area contributed by atoms with Crippen LogP contribution in [-0.2, 0) is 19.1 Å². The first-order chi connectivity index (χ1) is 14.2. The molecule has 0 saturated carbocycles. The third kappa shape index (κ3) is 3.44. The van der Waals surface area contributed by atoms with Crippen molar-refractivity contribution in [2.24, 2.45) is 11.8 Å². The molecule has 0 spiro atoms. The maximum atomic E-state index is 13.5. The minimum atomic E-state index is -0.881. The SMILES string of the molecule is CCOC(=O)[C@H]1C(=O)N(CCOC)c2nc3ccccc3n2[C@@H]1[C@@H]1CC=CCC1. The van der Waals surface area contributed by atoms with Crippen LogP contribution in [0.3, 0.4) is 0 Å². The number of nitrogens with zero attached hydrogens (tertiary/aromatic N) is 3. The van der Waals surface area contributed by atoms with Crippen LogP contribution in [0.1, 0.15) is 32.2 Å². The summed E-state index contributed by atoms with van der Waals surface area (Å²) in [5.74, 6) is -0.827. The van der Waals surface area contributed by atoms with Crippen LogP contribution >= 0.6 is 0 Å². The van der Waals surface area contributed by atoms with Crippen molar-refractivity contribution in [1.29, 1.82) is 0 Å². The minimum absolute atomic E-state index is 0.166. The summed E-state index contributed by atoms with van der Waals surface area (Å²) < 4.78 is 12.7. The number of hydrogen-bond donors (Lipinski definition) is 0. The third-order valence-corrected chi connectivity index (χ3v) is 5.84. The van der Waals surface area contributed by atoms with Gasteiger partial charge in [-0.1, -0.05) is 24.3 Å². The number of para-hydroxylation sites is 2. The first-order valence-electron chi connectivity index (χ1n) is 10.3. The number of hydrogen-bond acceptors (Lipinski definition) is 5. The Kier molecular flexibility index (Phi) is 5.67. The van der Waals surface area contributed by atoms with Crippen LogP contribution < -0.4 is 4.90 Å². The molecular weight excluding hydrogens is 370 g/mol. The van der Waals surface area contributed by atoms with Gasteiger partial charge in [-0.25, -0.2) is 4.98 Å². The predicted molar refractivity (Wildman–Crippen MR) is 110 cm³/mol. The molecule has 1 amide bonds. The van der Waals surface area contributed by atoms with Gasteiger partial charge in [0.2, 0.25) is 11.9 Å². The summed E-state index contributed by atoms with van der Waals surface area (Å²) in [7, 11) is 1.59. The van der Waals surface area contributed by atoms with Crippen molar-refractivity contribution in [2.45, 2.75) is 32.2 Å². The fraction of sp³-hybridized carbons (Fsp3) is 0.500. The van der Waals surface area contributed by atoms with E-state index in [1.54, 1.807) is 18.9 Å². The highest BCUT2D eigenvalue weighted by Crippen LogP contribution is 2.44. The fourth-order valence-electron chi connectivity index (χ4n) is 4.55. The van der Waals surface area contributed by atoms with E-state index in [0.29, 0.717) is 19.1 Å². The van der Waals surface area contributed by atoms with E-state index in [1.807, 2.05) is 24.3 Å². The summed E-state index contributed by atoms with van der Waals surface area (Å²) in [6.07, 6.45) is 7.02. The number of benzene rings is 1. The van der Waals surface area contributed by atoms with Crippen molar-refractivity contribution in [3.05, 3.63) is 36.4 Å². The Labute approximate surface area is 170 Å². The van der Waals surface area contributed by atoms with E-state index >= 15 is 0 Å². The molecule has 4 rings (SSSR count). The molecule has 1 aliphatic carbocycles. The van der Waals surface area contributed by atoms with E-state index in [0.717, 1.165) is 30.3 Å². The zero-order chi connectivity index (χ0) is 20.4. The molecule has 2 aliphatic rings. The molecule has 0 unspecified atom stereocenters. The molecule has 2 heterocycles. The number of allylic oxidation sites excluding steroid dienone is 2. The molecule has 1 aliphatic heterocycles. The van der Waals surface area contributed by atoms with Gasteiger partial charge in [0.25, 0.3) is 0 Å². The molecule has 1 aromatic heterocycles. The van der Waals surface area contributed by atoms with Gasteiger partial charge in [-0.15, -0.1) is 0 Å². The Morgan fingerprint density at radius 3 is 2.83 bits per heavy atom. The number of anilines is 1. The topological polar surface area (TPSA) is 73.7 Å². The summed E-state index contributed by atoms with van der Waals surface area (Å²) in [6.45, 7) is 2.72. The normalized spacial score (nSPS) is 24.0. The largest absolute Gasteiger partial charge is 0.465 e. The van der Waals surface area contributed by atoms with Gasteiger partial charge in [-0.3, -0.25) is 14.5 Å². The summed E-state index contributed by atoms with van der Waals surface area (Å²) >= 11 is 0. The quantitative estimate of drug-likeness (QED) is 0.425. The summed E-state index contributed by atoms with van der Waals surface area (Å²) in [4.78, 5) is 32.9. The molecule has 2 aromatic rings. The molecule has 0 bridgehead atoms. The van der Waals surface area contributed by atoms with Crippen LogP contribution in [0.5, 0.6) is 0 Å². The van der Waals surface area contributed by atoms with Gasteiger partial charge < -0.3 is 14.0 Å². The average Bonchev–Trinajstić information content (AvgIpc) is 3.12. The molecule has 0 radical (unpaired) electrons. The standard InChI is InChI=1S/C22H27N3O4/c1-3-29-21(27)18-19(15-9-5-4-6-10-15)25-17-12-8-7-11-16(17)23-22(25)24(20(18)26)13-14-28-2/h4-5,7-8,11-12,15,18-19H,3,6,9-10,13-14H2,1-2H3/t15-,18-,19-/m1/s1. The number of rotatable bonds is 6. The Morgan fingerprint density at radius 2 is 2.10 bits per heavy atom. The zero-order valence-corrected chi connectivity index (χ0v) is 16.9. The number of carbonyl (C=O) groups is 2. The van der Waals surface area contributed by atoms with Gasteiger partial charge >= 0.3 is 5.97 Å². The Bertz CT molecular complexity index is 935. The van der Waals surface area contributed by atoms with Crippen molar-refractivity contribution < 1.29 is 19.1 Å². The van der Waals surface area contributed by atoms with E-state index in [-0.39, 0.29) is 24.5 Å². The smallest absolute Gasteiger partial charge is 0.320 e. The monoisotopic (exact) mass is 397 g/mol. The van der Waals surface area contributed by atoms with Gasteiger partial charge in [-0.2, -0.15) is 0 Å². The average molecular weight is 397 g/mol. The maximum absolute atomic E-state index is 13.5. The summed E-state index contributed by atoms with van der Waals surface area (Å²) in [5.41, 5.74) is 1.75. The zero-order valence-electron chi connectivity index (χ0n) is 16.9. The molecule has 0 saturated heterocycles. The second-order valence-corrected chi connectivity index (χ2v) is 7.52. The fourth-order valence-corrected chi connectivity index (χ4v) is 4.55. The first-order valence-corrected chi connectivity index (χ1v) is 10.3. The van der Waals surface area contributed by atoms with Crippen molar-refractivity contribution in [2.75, 3.05) is 31.8 Å². The van der Waals surface area contributed by atoms with Gasteiger partial charge in [-0.05, 0) is 44.2 Å². The van der Waals surface area contributed by atoms with Crippen LogP contribution in [0.4, 0.5) is 5.95 Å². The second kappa shape index (κ2) is 8.37. The number of carbonyl (C=O) groups excluding carboxylic acids is 2. The highest BCUT2D eigenvalue weighted by molar-refractivity contribution is 6.08. The Balaban J connectivity index is 1.90. The molecule has 0 N–H and O–H groups in total. The molecule has 1 aromatic carbocycles. The minimum Gasteiger partial charge on any atom is -0.465 e. The van der Waals surface area contributed by atoms with Crippen molar-refractivity contribution in [3.63, 3.8) is 0 Å². The van der Waals surface area contributed by atoms with Crippen LogP contribution in [0.25, 0.3) is 11.0 Å². The third-order valence-electron chi connectivity index (χ3n) is 5.84. The van der Waals surface area contributed by atoms with E-state index in [1.165, 1.54) is 0 Å². The molecule has 7 nitrogen and oxygen atoms in total. The van der Waals surface area contributed by atoms with E-state index in [9.17, 15) is 9.59 Å². The van der Waals surface area contributed by atoms with Crippen molar-refractivity contribution >= 4 is 28.9 Å². The number of amides is 1. The van der Waals surface area contributed by atoms with E-state index in [4.69, 9.17) is 14.5 Å². The highest BCUT2D eigenvalue weighted by Gasteiger charge is 2.49. The lowest BCUT2D eigenvalue weighted by atomic mass is 9.79. The Morgan fingerprint density at radius 1 is 1.28 bits per heavy atom. The maximum Gasteiger partial charge on any atom is 0.320 e. The van der Waals surface area contributed by atoms with Crippen molar-refractivity contribution in [3.8, 4) is 0 Å². The van der Waals surface area contributed by atoms with Crippen molar-refractivity contribution in [1.82, 2.24) is 9.55 Å². The lowest BCUT2D eigenvalue weighted by Crippen LogP contribution is -2.52. The lowest BCUT2D eigenvalue weighted by molar-refractivity contribution is -0.155. The molecule has 7 heteroatoms. The molecular formula is C22H27N3O4. The summed E-state index contributed by atoms with van der Waals surface area (Å²) in [5, 5.41) is 0. The molecule has 154 valence electrons. The van der Waals surface area contributed by atoms with Gasteiger partial charge in [0.15, 0.2) is 5.92 Å². The molecule has 29 heavy (non-hydrogen) atoms. The van der Waals surface area contributed by atoms with Gasteiger partial charge in [0.05, 0.1) is 36.8 Å². The van der Waals surface area contributed by atoms with Gasteiger partial charge in [0.1, 0.15) is 0 Å². The van der Waals surface area contributed by atoms with Gasteiger partial charge in [0, 0.05) is 7.11 Å². The van der Waals surface area contributed by atoms with Crippen LogP contribution in [0, 0.1) is 11.8 Å². The second-order valence-electron chi connectivity index (χ2n) is 7.52. The van der Waals surface area contributed by atoms with Crippen LogP contribution in [0.2, 0.25) is 0 Å². The number of esters is 1.